The lowest BCUT2D eigenvalue weighted by molar-refractivity contribution is 0.135. The van der Waals surface area contributed by atoms with Crippen LogP contribution in [0.5, 0.6) is 10.1 Å². The first-order valence-electron chi connectivity index (χ1n) is 5.14. The first kappa shape index (κ1) is 12.4. The normalized spacial score (nSPS) is 12.7. The standard InChI is InChI=1S/C12H20O2S/c1-11(2,3)13-9-7-8-10(15-9)14-12(4,5)6/h7-8H,1-6H3. The van der Waals surface area contributed by atoms with Gasteiger partial charge in [-0.3, -0.25) is 0 Å². The number of ether oxygens (including phenoxy) is 2. The molecule has 0 aromatic carbocycles. The molecule has 0 aliphatic carbocycles. The minimum Gasteiger partial charge on any atom is -0.478 e. The molecule has 3 heteroatoms. The van der Waals surface area contributed by atoms with Gasteiger partial charge in [0.15, 0.2) is 10.1 Å². The molecule has 86 valence electrons. The minimum atomic E-state index is -0.149. The van der Waals surface area contributed by atoms with Gasteiger partial charge in [-0.1, -0.05) is 11.3 Å². The molecule has 1 heterocycles. The number of hydrogen-bond donors (Lipinski definition) is 0. The summed E-state index contributed by atoms with van der Waals surface area (Å²) in [5, 5.41) is 1.81. The third-order valence-corrected chi connectivity index (χ3v) is 2.21. The third-order valence-electron chi connectivity index (χ3n) is 1.37. The zero-order chi connectivity index (χ0) is 11.7. The first-order valence-corrected chi connectivity index (χ1v) is 5.95. The Kier molecular flexibility index (Phi) is 3.34. The fourth-order valence-corrected chi connectivity index (χ4v) is 2.07. The van der Waals surface area contributed by atoms with Crippen molar-refractivity contribution >= 4 is 11.3 Å². The van der Waals surface area contributed by atoms with Crippen molar-refractivity contribution in [3.63, 3.8) is 0 Å². The molecule has 0 spiro atoms. The summed E-state index contributed by atoms with van der Waals surface area (Å²) in [4.78, 5) is 0. The molecular formula is C12H20O2S. The van der Waals surface area contributed by atoms with Crippen molar-refractivity contribution in [3.05, 3.63) is 12.1 Å². The summed E-state index contributed by atoms with van der Waals surface area (Å²) in [6, 6.07) is 3.91. The van der Waals surface area contributed by atoms with Gasteiger partial charge < -0.3 is 9.47 Å². The van der Waals surface area contributed by atoms with Crippen LogP contribution in [0.2, 0.25) is 0 Å². The third kappa shape index (κ3) is 5.07. The molecule has 0 N–H and O–H groups in total. The van der Waals surface area contributed by atoms with Crippen molar-refractivity contribution in [2.45, 2.75) is 52.7 Å². The second-order valence-electron chi connectivity index (χ2n) is 5.50. The van der Waals surface area contributed by atoms with Crippen LogP contribution in [0.3, 0.4) is 0 Å². The summed E-state index contributed by atoms with van der Waals surface area (Å²) in [5.41, 5.74) is -0.298. The van der Waals surface area contributed by atoms with Crippen LogP contribution in [0.1, 0.15) is 41.5 Å². The molecule has 2 nitrogen and oxygen atoms in total. The highest BCUT2D eigenvalue weighted by atomic mass is 32.1. The van der Waals surface area contributed by atoms with Crippen LogP contribution in [-0.4, -0.2) is 11.2 Å². The van der Waals surface area contributed by atoms with Gasteiger partial charge in [0.2, 0.25) is 0 Å². The average molecular weight is 228 g/mol. The van der Waals surface area contributed by atoms with Crippen LogP contribution >= 0.6 is 11.3 Å². The summed E-state index contributed by atoms with van der Waals surface area (Å²) >= 11 is 1.54. The predicted octanol–water partition coefficient (Wildman–Crippen LogP) is 4.10. The van der Waals surface area contributed by atoms with E-state index in [1.807, 2.05) is 53.7 Å². The van der Waals surface area contributed by atoms with E-state index in [0.717, 1.165) is 10.1 Å². The van der Waals surface area contributed by atoms with E-state index in [-0.39, 0.29) is 11.2 Å². The van der Waals surface area contributed by atoms with E-state index in [4.69, 9.17) is 9.47 Å². The largest absolute Gasteiger partial charge is 0.478 e. The summed E-state index contributed by atoms with van der Waals surface area (Å²) in [6.07, 6.45) is 0. The second-order valence-corrected chi connectivity index (χ2v) is 6.51. The lowest BCUT2D eigenvalue weighted by Gasteiger charge is -2.20. The molecule has 0 aliphatic heterocycles. The summed E-state index contributed by atoms with van der Waals surface area (Å²) in [7, 11) is 0. The highest BCUT2D eigenvalue weighted by Crippen LogP contribution is 2.34. The Hall–Kier alpha value is -0.700. The lowest BCUT2D eigenvalue weighted by Crippen LogP contribution is -2.22. The van der Waals surface area contributed by atoms with Gasteiger partial charge in [0.1, 0.15) is 11.2 Å². The van der Waals surface area contributed by atoms with Gasteiger partial charge in [0, 0.05) is 0 Å². The molecule has 0 amide bonds. The van der Waals surface area contributed by atoms with E-state index in [9.17, 15) is 0 Å². The van der Waals surface area contributed by atoms with Gasteiger partial charge in [-0.2, -0.15) is 0 Å². The first-order chi connectivity index (χ1) is 6.66. The minimum absolute atomic E-state index is 0.149. The van der Waals surface area contributed by atoms with Crippen LogP contribution in [-0.2, 0) is 0 Å². The molecule has 0 atom stereocenters. The highest BCUT2D eigenvalue weighted by Gasteiger charge is 2.16. The van der Waals surface area contributed by atoms with Gasteiger partial charge in [-0.05, 0) is 53.7 Å². The maximum absolute atomic E-state index is 5.74. The quantitative estimate of drug-likeness (QED) is 0.758. The van der Waals surface area contributed by atoms with Crippen molar-refractivity contribution in [1.82, 2.24) is 0 Å². The molecule has 0 saturated carbocycles. The number of rotatable bonds is 2. The highest BCUT2D eigenvalue weighted by molar-refractivity contribution is 7.15. The van der Waals surface area contributed by atoms with E-state index in [2.05, 4.69) is 0 Å². The topological polar surface area (TPSA) is 18.5 Å². The maximum atomic E-state index is 5.74. The van der Waals surface area contributed by atoms with E-state index >= 15 is 0 Å². The molecule has 1 aromatic heterocycles. The van der Waals surface area contributed by atoms with Crippen molar-refractivity contribution in [2.24, 2.45) is 0 Å². The second kappa shape index (κ2) is 4.05. The predicted molar refractivity (Wildman–Crippen MR) is 65.1 cm³/mol. The zero-order valence-corrected chi connectivity index (χ0v) is 11.2. The van der Waals surface area contributed by atoms with Crippen LogP contribution in [0.25, 0.3) is 0 Å². The molecule has 0 fully saturated rings. The SMILES string of the molecule is CC(C)(C)Oc1ccc(OC(C)(C)C)s1. The van der Waals surface area contributed by atoms with E-state index in [0.29, 0.717) is 0 Å². The molecule has 1 rings (SSSR count). The Balaban J connectivity index is 2.65. The van der Waals surface area contributed by atoms with Gasteiger partial charge in [-0.25, -0.2) is 0 Å². The Labute approximate surface area is 96.2 Å². The van der Waals surface area contributed by atoms with Gasteiger partial charge >= 0.3 is 0 Å². The van der Waals surface area contributed by atoms with Crippen molar-refractivity contribution < 1.29 is 9.47 Å². The van der Waals surface area contributed by atoms with E-state index in [1.54, 1.807) is 11.3 Å². The van der Waals surface area contributed by atoms with Crippen LogP contribution in [0.4, 0.5) is 0 Å². The van der Waals surface area contributed by atoms with Crippen LogP contribution in [0.15, 0.2) is 12.1 Å². The summed E-state index contributed by atoms with van der Waals surface area (Å²) < 4.78 is 11.5. The van der Waals surface area contributed by atoms with E-state index in [1.165, 1.54) is 0 Å². The summed E-state index contributed by atoms with van der Waals surface area (Å²) in [5.74, 6) is 0. The monoisotopic (exact) mass is 228 g/mol. The molecule has 15 heavy (non-hydrogen) atoms. The Morgan fingerprint density at radius 1 is 0.800 bits per heavy atom. The molecule has 0 unspecified atom stereocenters. The maximum Gasteiger partial charge on any atom is 0.178 e. The Bertz CT molecular complexity index is 285. The Morgan fingerprint density at radius 3 is 1.40 bits per heavy atom. The number of hydrogen-bond acceptors (Lipinski definition) is 3. The lowest BCUT2D eigenvalue weighted by atomic mass is 10.2. The molecule has 0 saturated heterocycles. The summed E-state index contributed by atoms with van der Waals surface area (Å²) in [6.45, 7) is 12.2. The fourth-order valence-electron chi connectivity index (χ4n) is 1.02. The van der Waals surface area contributed by atoms with Crippen molar-refractivity contribution in [2.75, 3.05) is 0 Å². The fraction of sp³-hybridized carbons (Fsp3) is 0.667. The molecule has 0 radical (unpaired) electrons. The average Bonchev–Trinajstić information content (AvgIpc) is 2.28. The number of thiophene rings is 1. The molecule has 0 aliphatic rings. The van der Waals surface area contributed by atoms with Crippen LogP contribution in [0, 0.1) is 0 Å². The van der Waals surface area contributed by atoms with Crippen molar-refractivity contribution in [1.29, 1.82) is 0 Å². The van der Waals surface area contributed by atoms with Gasteiger partial charge in [-0.15, -0.1) is 0 Å². The van der Waals surface area contributed by atoms with Gasteiger partial charge in [0.05, 0.1) is 0 Å². The molecular weight excluding hydrogens is 208 g/mol. The van der Waals surface area contributed by atoms with E-state index < -0.39 is 0 Å². The smallest absolute Gasteiger partial charge is 0.178 e. The molecule has 0 bridgehead atoms. The van der Waals surface area contributed by atoms with Crippen molar-refractivity contribution in [3.8, 4) is 10.1 Å². The molecule has 1 aromatic rings. The zero-order valence-electron chi connectivity index (χ0n) is 10.4. The van der Waals surface area contributed by atoms with Gasteiger partial charge in [0.25, 0.3) is 0 Å². The Morgan fingerprint density at radius 2 is 1.13 bits per heavy atom. The van der Waals surface area contributed by atoms with Crippen LogP contribution < -0.4 is 9.47 Å².